The molecule has 0 bridgehead atoms. The highest BCUT2D eigenvalue weighted by Crippen LogP contribution is 2.20. The van der Waals surface area contributed by atoms with Gasteiger partial charge in [0.1, 0.15) is 11.3 Å². The van der Waals surface area contributed by atoms with Gasteiger partial charge in [-0.25, -0.2) is 4.79 Å². The maximum atomic E-state index is 11.9. The molecule has 0 saturated carbocycles. The van der Waals surface area contributed by atoms with Gasteiger partial charge in [-0.15, -0.1) is 24.0 Å². The van der Waals surface area contributed by atoms with Crippen LogP contribution in [0.3, 0.4) is 0 Å². The summed E-state index contributed by atoms with van der Waals surface area (Å²) in [4.78, 5) is 16.1. The standard InChI is InChI=1S/C20H31N3O5.HI/c1-21-20(22-9-5-10-27-14-16-6-4-11-28-16)23-13-15-7-8-18(25-2)17(12-15)19(24)26-3;/h7-8,12,16H,4-6,9-11,13-14H2,1-3H3,(H2,21,22,23);1H. The Kier molecular flexibility index (Phi) is 12.6. The molecule has 164 valence electrons. The molecule has 1 heterocycles. The highest BCUT2D eigenvalue weighted by atomic mass is 127. The van der Waals surface area contributed by atoms with Gasteiger partial charge in [0.15, 0.2) is 5.96 Å². The maximum absolute atomic E-state index is 11.9. The van der Waals surface area contributed by atoms with Crippen LogP contribution in [0.1, 0.15) is 35.2 Å². The van der Waals surface area contributed by atoms with Gasteiger partial charge in [-0.05, 0) is 37.0 Å². The fourth-order valence-corrected chi connectivity index (χ4v) is 2.91. The van der Waals surface area contributed by atoms with E-state index in [0.29, 0.717) is 37.0 Å². The Morgan fingerprint density at radius 3 is 2.79 bits per heavy atom. The van der Waals surface area contributed by atoms with E-state index in [0.717, 1.165) is 38.0 Å². The molecule has 0 aliphatic carbocycles. The van der Waals surface area contributed by atoms with Crippen molar-refractivity contribution in [2.75, 3.05) is 47.6 Å². The molecule has 2 N–H and O–H groups in total. The van der Waals surface area contributed by atoms with Crippen LogP contribution in [-0.4, -0.2) is 65.7 Å². The third kappa shape index (κ3) is 8.75. The Labute approximate surface area is 189 Å². The Morgan fingerprint density at radius 2 is 2.14 bits per heavy atom. The Morgan fingerprint density at radius 1 is 1.31 bits per heavy atom. The third-order valence-corrected chi connectivity index (χ3v) is 4.44. The monoisotopic (exact) mass is 521 g/mol. The van der Waals surface area contributed by atoms with Crippen molar-refractivity contribution in [1.29, 1.82) is 0 Å². The van der Waals surface area contributed by atoms with E-state index in [2.05, 4.69) is 15.6 Å². The first-order valence-electron chi connectivity index (χ1n) is 9.57. The fourth-order valence-electron chi connectivity index (χ4n) is 2.91. The number of benzene rings is 1. The van der Waals surface area contributed by atoms with E-state index in [-0.39, 0.29) is 30.1 Å². The van der Waals surface area contributed by atoms with Crippen molar-refractivity contribution in [3.8, 4) is 5.75 Å². The van der Waals surface area contributed by atoms with E-state index in [9.17, 15) is 4.79 Å². The van der Waals surface area contributed by atoms with Gasteiger partial charge in [-0.1, -0.05) is 6.07 Å². The van der Waals surface area contributed by atoms with Crippen LogP contribution in [0.15, 0.2) is 23.2 Å². The lowest BCUT2D eigenvalue weighted by Gasteiger charge is -2.14. The molecule has 1 aromatic rings. The van der Waals surface area contributed by atoms with Gasteiger partial charge in [0.2, 0.25) is 0 Å². The number of ether oxygens (including phenoxy) is 4. The van der Waals surface area contributed by atoms with Crippen LogP contribution in [0.4, 0.5) is 0 Å². The van der Waals surface area contributed by atoms with Crippen LogP contribution in [0, 0.1) is 0 Å². The first kappa shape index (κ1) is 25.4. The molecule has 1 atom stereocenters. The molecule has 1 fully saturated rings. The minimum absolute atomic E-state index is 0. The molecule has 29 heavy (non-hydrogen) atoms. The molecule has 1 aliphatic heterocycles. The number of carbonyl (C=O) groups excluding carboxylic acids is 1. The van der Waals surface area contributed by atoms with Crippen molar-refractivity contribution in [3.05, 3.63) is 29.3 Å². The molecule has 1 saturated heterocycles. The van der Waals surface area contributed by atoms with E-state index < -0.39 is 5.97 Å². The maximum Gasteiger partial charge on any atom is 0.341 e. The number of rotatable bonds is 10. The summed E-state index contributed by atoms with van der Waals surface area (Å²) in [5.41, 5.74) is 1.32. The first-order chi connectivity index (χ1) is 13.7. The molecular formula is C20H32IN3O5. The molecule has 1 aromatic carbocycles. The van der Waals surface area contributed by atoms with E-state index in [1.807, 2.05) is 6.07 Å². The van der Waals surface area contributed by atoms with Crippen LogP contribution in [0.5, 0.6) is 5.75 Å². The van der Waals surface area contributed by atoms with Crippen molar-refractivity contribution >= 4 is 35.9 Å². The average Bonchev–Trinajstić information content (AvgIpc) is 3.25. The number of hydrogen-bond acceptors (Lipinski definition) is 6. The van der Waals surface area contributed by atoms with Gasteiger partial charge in [-0.3, -0.25) is 4.99 Å². The lowest BCUT2D eigenvalue weighted by Crippen LogP contribution is -2.37. The summed E-state index contributed by atoms with van der Waals surface area (Å²) in [5.74, 6) is 0.750. The number of hydrogen-bond donors (Lipinski definition) is 2. The summed E-state index contributed by atoms with van der Waals surface area (Å²) >= 11 is 0. The van der Waals surface area contributed by atoms with Crippen LogP contribution in [0.2, 0.25) is 0 Å². The second-order valence-electron chi connectivity index (χ2n) is 6.44. The highest BCUT2D eigenvalue weighted by molar-refractivity contribution is 14.0. The Balaban J connectivity index is 0.00000420. The summed E-state index contributed by atoms with van der Waals surface area (Å²) in [6.45, 7) is 3.48. The van der Waals surface area contributed by atoms with Crippen LogP contribution in [0.25, 0.3) is 0 Å². The van der Waals surface area contributed by atoms with Crippen molar-refractivity contribution < 1.29 is 23.7 Å². The summed E-state index contributed by atoms with van der Waals surface area (Å²) in [6.07, 6.45) is 3.37. The van der Waals surface area contributed by atoms with E-state index in [1.165, 1.54) is 14.2 Å². The second kappa shape index (κ2) is 14.4. The smallest absolute Gasteiger partial charge is 0.341 e. The zero-order valence-electron chi connectivity index (χ0n) is 17.4. The van der Waals surface area contributed by atoms with Crippen molar-refractivity contribution in [1.82, 2.24) is 10.6 Å². The molecular weight excluding hydrogens is 489 g/mol. The number of nitrogens with zero attached hydrogens (tertiary/aromatic N) is 1. The summed E-state index contributed by atoms with van der Waals surface area (Å²) < 4.78 is 21.2. The third-order valence-electron chi connectivity index (χ3n) is 4.44. The molecule has 0 radical (unpaired) electrons. The summed E-state index contributed by atoms with van der Waals surface area (Å²) in [6, 6.07) is 5.40. The van der Waals surface area contributed by atoms with Crippen molar-refractivity contribution in [3.63, 3.8) is 0 Å². The van der Waals surface area contributed by atoms with Gasteiger partial charge in [-0.2, -0.15) is 0 Å². The Hall–Kier alpha value is -1.59. The quantitative estimate of drug-likeness (QED) is 0.161. The molecule has 0 spiro atoms. The minimum Gasteiger partial charge on any atom is -0.496 e. The summed E-state index contributed by atoms with van der Waals surface area (Å²) in [7, 11) is 4.59. The largest absolute Gasteiger partial charge is 0.496 e. The number of esters is 1. The average molecular weight is 521 g/mol. The number of guanidine groups is 1. The SMILES string of the molecule is CN=C(NCCCOCC1CCCO1)NCc1ccc(OC)c(C(=O)OC)c1.I. The number of aliphatic imine (C=N–C) groups is 1. The molecule has 9 heteroatoms. The molecule has 1 unspecified atom stereocenters. The predicted molar refractivity (Wildman–Crippen MR) is 122 cm³/mol. The second-order valence-corrected chi connectivity index (χ2v) is 6.44. The normalized spacial score (nSPS) is 16.1. The first-order valence-corrected chi connectivity index (χ1v) is 9.57. The zero-order chi connectivity index (χ0) is 20.2. The predicted octanol–water partition coefficient (Wildman–Crippen LogP) is 2.35. The minimum atomic E-state index is -0.427. The molecule has 2 rings (SSSR count). The molecule has 1 aliphatic rings. The Bertz CT molecular complexity index is 651. The van der Waals surface area contributed by atoms with Crippen LogP contribution in [-0.2, 0) is 20.8 Å². The highest BCUT2D eigenvalue weighted by Gasteiger charge is 2.15. The molecule has 0 aromatic heterocycles. The number of halogens is 1. The van der Waals surface area contributed by atoms with Gasteiger partial charge < -0.3 is 29.6 Å². The van der Waals surface area contributed by atoms with Gasteiger partial charge in [0.05, 0.1) is 26.9 Å². The van der Waals surface area contributed by atoms with Gasteiger partial charge in [0.25, 0.3) is 0 Å². The zero-order valence-corrected chi connectivity index (χ0v) is 19.7. The number of methoxy groups -OCH3 is 2. The number of nitrogens with one attached hydrogen (secondary N) is 2. The van der Waals surface area contributed by atoms with Crippen LogP contribution >= 0.6 is 24.0 Å². The van der Waals surface area contributed by atoms with Crippen molar-refractivity contribution in [2.24, 2.45) is 4.99 Å². The molecule has 0 amide bonds. The van der Waals surface area contributed by atoms with Gasteiger partial charge in [0, 0.05) is 33.4 Å². The van der Waals surface area contributed by atoms with Gasteiger partial charge >= 0.3 is 5.97 Å². The topological polar surface area (TPSA) is 90.4 Å². The van der Waals surface area contributed by atoms with E-state index in [4.69, 9.17) is 18.9 Å². The summed E-state index contributed by atoms with van der Waals surface area (Å²) in [5, 5.41) is 6.48. The van der Waals surface area contributed by atoms with E-state index in [1.54, 1.807) is 19.2 Å². The van der Waals surface area contributed by atoms with Crippen LogP contribution < -0.4 is 15.4 Å². The van der Waals surface area contributed by atoms with E-state index >= 15 is 0 Å². The van der Waals surface area contributed by atoms with Crippen molar-refractivity contribution in [2.45, 2.75) is 31.9 Å². The number of carbonyl (C=O) groups is 1. The molecule has 8 nitrogen and oxygen atoms in total. The fraction of sp³-hybridized carbons (Fsp3) is 0.600. The lowest BCUT2D eigenvalue weighted by molar-refractivity contribution is 0.0168. The lowest BCUT2D eigenvalue weighted by atomic mass is 10.1.